The fraction of sp³-hybridized carbons (Fsp3) is 0.500. The van der Waals surface area contributed by atoms with E-state index in [1.165, 1.54) is 11.1 Å². The summed E-state index contributed by atoms with van der Waals surface area (Å²) in [6, 6.07) is 16.6. The van der Waals surface area contributed by atoms with Gasteiger partial charge in [-0.1, -0.05) is 36.4 Å². The molecule has 3 rings (SSSR count). The molecule has 2 N–H and O–H groups in total. The Labute approximate surface area is 174 Å². The van der Waals surface area contributed by atoms with Gasteiger partial charge >= 0.3 is 0 Å². The maximum atomic E-state index is 10.4. The van der Waals surface area contributed by atoms with Gasteiger partial charge in [-0.25, -0.2) is 0 Å². The zero-order valence-corrected chi connectivity index (χ0v) is 17.6. The highest BCUT2D eigenvalue weighted by Gasteiger charge is 2.18. The smallest absolute Gasteiger partial charge is 0.119 e. The molecular weight excluding hydrogens is 364 g/mol. The number of rotatable bonds is 11. The summed E-state index contributed by atoms with van der Waals surface area (Å²) in [4.78, 5) is 2.30. The van der Waals surface area contributed by atoms with Crippen LogP contribution in [-0.4, -0.2) is 55.1 Å². The van der Waals surface area contributed by atoms with Gasteiger partial charge < -0.3 is 19.9 Å². The van der Waals surface area contributed by atoms with Gasteiger partial charge in [0.2, 0.25) is 0 Å². The van der Waals surface area contributed by atoms with Crippen LogP contribution in [-0.2, 0) is 24.2 Å². The van der Waals surface area contributed by atoms with Gasteiger partial charge in [0.25, 0.3) is 0 Å². The van der Waals surface area contributed by atoms with Crippen molar-refractivity contribution in [2.24, 2.45) is 0 Å². The second-order valence-corrected chi connectivity index (χ2v) is 7.96. The van der Waals surface area contributed by atoms with Crippen molar-refractivity contribution in [3.8, 4) is 5.75 Å². The number of fused-ring (bicyclic) bond motifs is 1. The van der Waals surface area contributed by atoms with E-state index in [1.54, 1.807) is 0 Å². The number of hydrogen-bond donors (Lipinski definition) is 2. The number of hydrogen-bond acceptors (Lipinski definition) is 5. The first kappa shape index (κ1) is 21.8. The highest BCUT2D eigenvalue weighted by Crippen LogP contribution is 2.19. The Balaban J connectivity index is 1.38. The average Bonchev–Trinajstić information content (AvgIpc) is 2.72. The molecular formula is C24H34N2O3. The molecule has 0 saturated carbocycles. The van der Waals surface area contributed by atoms with Crippen LogP contribution in [0.25, 0.3) is 0 Å². The van der Waals surface area contributed by atoms with Crippen molar-refractivity contribution in [3.05, 3.63) is 65.2 Å². The predicted molar refractivity (Wildman–Crippen MR) is 116 cm³/mol. The van der Waals surface area contributed by atoms with E-state index in [0.29, 0.717) is 19.8 Å². The molecule has 0 bridgehead atoms. The van der Waals surface area contributed by atoms with Crippen LogP contribution in [0.4, 0.5) is 0 Å². The lowest BCUT2D eigenvalue weighted by molar-refractivity contribution is 0.0637. The molecule has 2 aromatic rings. The number of β-amino-alcohol motifs (C(OH)–C–C–N with tert-alkyl or cyclic N) is 1. The highest BCUT2D eigenvalue weighted by molar-refractivity contribution is 5.29. The summed E-state index contributed by atoms with van der Waals surface area (Å²) in [6.45, 7) is 9.20. The Kier molecular flexibility index (Phi) is 8.50. The van der Waals surface area contributed by atoms with Crippen LogP contribution < -0.4 is 10.1 Å². The number of aliphatic hydroxyl groups is 1. The minimum atomic E-state index is -0.504. The molecule has 5 nitrogen and oxygen atoms in total. The number of nitrogens with one attached hydrogen (secondary N) is 1. The largest absolute Gasteiger partial charge is 0.491 e. The SMILES string of the molecule is CC(C)OCCNCc1cccc(OC[C@H](O)CN2CCc3ccccc3C2)c1. The normalized spacial score (nSPS) is 15.3. The van der Waals surface area contributed by atoms with Gasteiger partial charge in [-0.05, 0) is 49.1 Å². The minimum absolute atomic E-state index is 0.264. The molecule has 0 aromatic heterocycles. The Hall–Kier alpha value is -1.92. The predicted octanol–water partition coefficient (Wildman–Crippen LogP) is 3.00. The minimum Gasteiger partial charge on any atom is -0.491 e. The third-order valence-corrected chi connectivity index (χ3v) is 5.08. The summed E-state index contributed by atoms with van der Waals surface area (Å²) in [5.41, 5.74) is 3.95. The first-order chi connectivity index (χ1) is 14.1. The van der Waals surface area contributed by atoms with Crippen molar-refractivity contribution in [3.63, 3.8) is 0 Å². The molecule has 0 saturated heterocycles. The summed E-state index contributed by atoms with van der Waals surface area (Å²) in [6.07, 6.45) is 0.802. The van der Waals surface area contributed by atoms with Crippen LogP contribution in [0.1, 0.15) is 30.5 Å². The monoisotopic (exact) mass is 398 g/mol. The third-order valence-electron chi connectivity index (χ3n) is 5.08. The molecule has 2 aromatic carbocycles. The van der Waals surface area contributed by atoms with Crippen molar-refractivity contribution >= 4 is 0 Å². The van der Waals surface area contributed by atoms with Gasteiger partial charge in [0.1, 0.15) is 18.5 Å². The molecule has 0 unspecified atom stereocenters. The van der Waals surface area contributed by atoms with Gasteiger partial charge in [-0.3, -0.25) is 4.90 Å². The molecule has 0 spiro atoms. The quantitative estimate of drug-likeness (QED) is 0.570. The van der Waals surface area contributed by atoms with Gasteiger partial charge in [0, 0.05) is 32.7 Å². The fourth-order valence-corrected chi connectivity index (χ4v) is 3.60. The molecule has 0 aliphatic carbocycles. The molecule has 1 atom stereocenters. The number of ether oxygens (including phenoxy) is 2. The molecule has 1 aliphatic rings. The Morgan fingerprint density at radius 1 is 1.10 bits per heavy atom. The average molecular weight is 399 g/mol. The standard InChI is InChI=1S/C24H34N2O3/c1-19(2)28-13-11-25-15-20-6-5-9-24(14-20)29-18-23(27)17-26-12-10-21-7-3-4-8-22(21)16-26/h3-9,14,19,23,25,27H,10-13,15-18H2,1-2H3/t23-/m1/s1. The third kappa shape index (κ3) is 7.44. The summed E-state index contributed by atoms with van der Waals surface area (Å²) in [5.74, 6) is 0.797. The zero-order valence-electron chi connectivity index (χ0n) is 17.6. The Morgan fingerprint density at radius 2 is 1.93 bits per heavy atom. The summed E-state index contributed by atoms with van der Waals surface area (Å²) in [5, 5.41) is 13.8. The fourth-order valence-electron chi connectivity index (χ4n) is 3.60. The summed E-state index contributed by atoms with van der Waals surface area (Å²) < 4.78 is 11.4. The molecule has 1 heterocycles. The summed E-state index contributed by atoms with van der Waals surface area (Å²) in [7, 11) is 0. The first-order valence-electron chi connectivity index (χ1n) is 10.6. The van der Waals surface area contributed by atoms with Crippen molar-refractivity contribution < 1.29 is 14.6 Å². The molecule has 29 heavy (non-hydrogen) atoms. The Bertz CT molecular complexity index is 750. The lowest BCUT2D eigenvalue weighted by Gasteiger charge is -2.30. The van der Waals surface area contributed by atoms with Gasteiger partial charge in [0.05, 0.1) is 12.7 Å². The van der Waals surface area contributed by atoms with Crippen LogP contribution in [0.2, 0.25) is 0 Å². The lowest BCUT2D eigenvalue weighted by atomic mass is 10.00. The highest BCUT2D eigenvalue weighted by atomic mass is 16.5. The van der Waals surface area contributed by atoms with E-state index in [1.807, 2.05) is 32.0 Å². The van der Waals surface area contributed by atoms with E-state index in [4.69, 9.17) is 9.47 Å². The van der Waals surface area contributed by atoms with Crippen molar-refractivity contribution in [2.45, 2.75) is 45.6 Å². The van der Waals surface area contributed by atoms with Crippen LogP contribution >= 0.6 is 0 Å². The van der Waals surface area contributed by atoms with E-state index in [0.717, 1.165) is 43.9 Å². The molecule has 1 aliphatic heterocycles. The topological polar surface area (TPSA) is 54.0 Å². The maximum Gasteiger partial charge on any atom is 0.119 e. The molecule has 5 heteroatoms. The lowest BCUT2D eigenvalue weighted by Crippen LogP contribution is -2.38. The van der Waals surface area contributed by atoms with Gasteiger partial charge in [0.15, 0.2) is 0 Å². The van der Waals surface area contributed by atoms with Crippen molar-refractivity contribution in [1.82, 2.24) is 10.2 Å². The van der Waals surface area contributed by atoms with Gasteiger partial charge in [-0.2, -0.15) is 0 Å². The first-order valence-corrected chi connectivity index (χ1v) is 10.6. The van der Waals surface area contributed by atoms with E-state index in [9.17, 15) is 5.11 Å². The van der Waals surface area contributed by atoms with Gasteiger partial charge in [-0.15, -0.1) is 0 Å². The molecule has 0 amide bonds. The zero-order chi connectivity index (χ0) is 20.5. The number of nitrogens with zero attached hydrogens (tertiary/aromatic N) is 1. The van der Waals surface area contributed by atoms with E-state index >= 15 is 0 Å². The van der Waals surface area contributed by atoms with Crippen LogP contribution in [0.3, 0.4) is 0 Å². The second kappa shape index (κ2) is 11.3. The summed E-state index contributed by atoms with van der Waals surface area (Å²) >= 11 is 0. The van der Waals surface area contributed by atoms with E-state index in [2.05, 4.69) is 40.5 Å². The van der Waals surface area contributed by atoms with E-state index in [-0.39, 0.29) is 6.10 Å². The number of aliphatic hydroxyl groups excluding tert-OH is 1. The van der Waals surface area contributed by atoms with Crippen LogP contribution in [0.15, 0.2) is 48.5 Å². The second-order valence-electron chi connectivity index (χ2n) is 7.96. The number of benzene rings is 2. The van der Waals surface area contributed by atoms with Crippen molar-refractivity contribution in [2.75, 3.05) is 32.8 Å². The maximum absolute atomic E-state index is 10.4. The van der Waals surface area contributed by atoms with E-state index < -0.39 is 6.10 Å². The molecule has 158 valence electrons. The molecule has 0 radical (unpaired) electrons. The van der Waals surface area contributed by atoms with Crippen LogP contribution in [0, 0.1) is 0 Å². The molecule has 0 fully saturated rings. The van der Waals surface area contributed by atoms with Crippen molar-refractivity contribution in [1.29, 1.82) is 0 Å². The Morgan fingerprint density at radius 3 is 2.76 bits per heavy atom. The van der Waals surface area contributed by atoms with Crippen LogP contribution in [0.5, 0.6) is 5.75 Å².